The Morgan fingerprint density at radius 2 is 1.75 bits per heavy atom. The molecular weight excluding hydrogens is 217 g/mol. The van der Waals surface area contributed by atoms with Crippen LogP contribution in [0.25, 0.3) is 11.3 Å². The van der Waals surface area contributed by atoms with E-state index in [1.54, 1.807) is 12.1 Å². The first-order valence-electron chi connectivity index (χ1n) is 4.51. The molecule has 0 radical (unpaired) electrons. The minimum absolute atomic E-state index is 0.0944. The second-order valence-corrected chi connectivity index (χ2v) is 3.14. The van der Waals surface area contributed by atoms with Gasteiger partial charge in [-0.1, -0.05) is 0 Å². The van der Waals surface area contributed by atoms with E-state index < -0.39 is 11.7 Å². The lowest BCUT2D eigenvalue weighted by molar-refractivity contribution is -0.137. The van der Waals surface area contributed by atoms with Gasteiger partial charge in [-0.3, -0.25) is 9.97 Å². The lowest BCUT2D eigenvalue weighted by Gasteiger charge is -2.10. The quantitative estimate of drug-likeness (QED) is 0.743. The highest BCUT2D eigenvalue weighted by molar-refractivity contribution is 5.62. The Kier molecular flexibility index (Phi) is 2.60. The van der Waals surface area contributed by atoms with E-state index in [-0.39, 0.29) is 5.69 Å². The molecule has 2 nitrogen and oxygen atoms in total. The molecule has 0 spiro atoms. The van der Waals surface area contributed by atoms with Crippen molar-refractivity contribution < 1.29 is 13.2 Å². The number of hydrogen-bond acceptors (Lipinski definition) is 2. The van der Waals surface area contributed by atoms with Gasteiger partial charge in [-0.15, -0.1) is 0 Å². The zero-order valence-corrected chi connectivity index (χ0v) is 8.07. The Morgan fingerprint density at radius 1 is 1.00 bits per heavy atom. The SMILES string of the molecule is FC(F)(F)c1cccnc1-c1cccnc1. The molecule has 0 atom stereocenters. The van der Waals surface area contributed by atoms with Crippen LogP contribution in [0.4, 0.5) is 13.2 Å². The smallest absolute Gasteiger partial charge is 0.264 e. The van der Waals surface area contributed by atoms with E-state index >= 15 is 0 Å². The maximum atomic E-state index is 12.7. The van der Waals surface area contributed by atoms with Crippen LogP contribution in [0.15, 0.2) is 42.9 Å². The summed E-state index contributed by atoms with van der Waals surface area (Å²) in [5.41, 5.74) is -0.485. The number of nitrogens with zero attached hydrogens (tertiary/aromatic N) is 2. The molecule has 0 saturated carbocycles. The average molecular weight is 224 g/mol. The summed E-state index contributed by atoms with van der Waals surface area (Å²) < 4.78 is 38.0. The molecule has 5 heteroatoms. The lowest BCUT2D eigenvalue weighted by atomic mass is 10.1. The van der Waals surface area contributed by atoms with Gasteiger partial charge in [0.1, 0.15) is 0 Å². The molecule has 0 aliphatic heterocycles. The predicted molar refractivity (Wildman–Crippen MR) is 52.5 cm³/mol. The van der Waals surface area contributed by atoms with Crippen molar-refractivity contribution >= 4 is 0 Å². The number of hydrogen-bond donors (Lipinski definition) is 0. The standard InChI is InChI=1S/C11H7F3N2/c12-11(13,14)9-4-2-6-16-10(9)8-3-1-5-15-7-8/h1-7H. The first-order chi connectivity index (χ1) is 7.59. The largest absolute Gasteiger partial charge is 0.418 e. The summed E-state index contributed by atoms with van der Waals surface area (Å²) in [4.78, 5) is 7.53. The fourth-order valence-corrected chi connectivity index (χ4v) is 1.37. The third-order valence-corrected chi connectivity index (χ3v) is 2.05. The van der Waals surface area contributed by atoms with Crippen molar-refractivity contribution in [3.05, 3.63) is 48.4 Å². The van der Waals surface area contributed by atoms with Crippen LogP contribution in [0.5, 0.6) is 0 Å². The molecule has 0 aromatic carbocycles. The van der Waals surface area contributed by atoms with E-state index in [9.17, 15) is 13.2 Å². The first kappa shape index (κ1) is 10.6. The summed E-state index contributed by atoms with van der Waals surface area (Å²) in [6.45, 7) is 0. The van der Waals surface area contributed by atoms with Crippen molar-refractivity contribution in [1.29, 1.82) is 0 Å². The van der Waals surface area contributed by atoms with Gasteiger partial charge in [0.15, 0.2) is 0 Å². The number of pyridine rings is 2. The summed E-state index contributed by atoms with van der Waals surface area (Å²) >= 11 is 0. The lowest BCUT2D eigenvalue weighted by Crippen LogP contribution is -2.08. The molecule has 82 valence electrons. The van der Waals surface area contributed by atoms with Gasteiger partial charge in [0.25, 0.3) is 0 Å². The monoisotopic (exact) mass is 224 g/mol. The fraction of sp³-hybridized carbons (Fsp3) is 0.0909. The van der Waals surface area contributed by atoms with Gasteiger partial charge in [0.2, 0.25) is 0 Å². The summed E-state index contributed by atoms with van der Waals surface area (Å²) in [5, 5.41) is 0. The second-order valence-electron chi connectivity index (χ2n) is 3.14. The highest BCUT2D eigenvalue weighted by Gasteiger charge is 2.34. The van der Waals surface area contributed by atoms with Gasteiger partial charge in [-0.05, 0) is 24.3 Å². The molecule has 16 heavy (non-hydrogen) atoms. The maximum absolute atomic E-state index is 12.7. The van der Waals surface area contributed by atoms with Crippen molar-refractivity contribution in [1.82, 2.24) is 9.97 Å². The number of aromatic nitrogens is 2. The first-order valence-corrected chi connectivity index (χ1v) is 4.51. The van der Waals surface area contributed by atoms with Crippen LogP contribution < -0.4 is 0 Å². The second kappa shape index (κ2) is 3.92. The van der Waals surface area contributed by atoms with E-state index in [1.807, 2.05) is 0 Å². The van der Waals surface area contributed by atoms with E-state index in [0.29, 0.717) is 5.56 Å². The van der Waals surface area contributed by atoms with Crippen LogP contribution in [0.3, 0.4) is 0 Å². The van der Waals surface area contributed by atoms with Crippen LogP contribution in [0.1, 0.15) is 5.56 Å². The zero-order chi connectivity index (χ0) is 11.6. The topological polar surface area (TPSA) is 25.8 Å². The molecule has 2 rings (SSSR count). The molecule has 0 N–H and O–H groups in total. The zero-order valence-electron chi connectivity index (χ0n) is 8.07. The maximum Gasteiger partial charge on any atom is 0.418 e. The minimum Gasteiger partial charge on any atom is -0.264 e. The van der Waals surface area contributed by atoms with Gasteiger partial charge in [0, 0.05) is 24.2 Å². The molecule has 0 saturated heterocycles. The highest BCUT2D eigenvalue weighted by atomic mass is 19.4. The Hall–Kier alpha value is -1.91. The molecule has 0 aliphatic carbocycles. The minimum atomic E-state index is -4.40. The molecule has 0 unspecified atom stereocenters. The summed E-state index contributed by atoms with van der Waals surface area (Å²) in [6, 6.07) is 5.40. The summed E-state index contributed by atoms with van der Waals surface area (Å²) in [5.74, 6) is 0. The third-order valence-electron chi connectivity index (χ3n) is 2.05. The van der Waals surface area contributed by atoms with Crippen molar-refractivity contribution in [2.24, 2.45) is 0 Å². The van der Waals surface area contributed by atoms with Gasteiger partial charge in [-0.25, -0.2) is 0 Å². The Morgan fingerprint density at radius 3 is 2.38 bits per heavy atom. The van der Waals surface area contributed by atoms with Crippen molar-refractivity contribution in [2.45, 2.75) is 6.18 Å². The molecule has 2 heterocycles. The van der Waals surface area contributed by atoms with Crippen LogP contribution in [0.2, 0.25) is 0 Å². The Balaban J connectivity index is 2.58. The summed E-state index contributed by atoms with van der Waals surface area (Å²) in [7, 11) is 0. The van der Waals surface area contributed by atoms with E-state index in [1.165, 1.54) is 24.7 Å². The summed E-state index contributed by atoms with van der Waals surface area (Å²) in [6.07, 6.45) is -0.214. The molecule has 0 bridgehead atoms. The van der Waals surface area contributed by atoms with Crippen LogP contribution >= 0.6 is 0 Å². The average Bonchev–Trinajstić information content (AvgIpc) is 2.29. The van der Waals surface area contributed by atoms with Gasteiger partial charge < -0.3 is 0 Å². The van der Waals surface area contributed by atoms with Crippen molar-refractivity contribution in [3.8, 4) is 11.3 Å². The van der Waals surface area contributed by atoms with Gasteiger partial charge in [-0.2, -0.15) is 13.2 Å². The molecule has 0 amide bonds. The van der Waals surface area contributed by atoms with Crippen molar-refractivity contribution in [3.63, 3.8) is 0 Å². The van der Waals surface area contributed by atoms with Gasteiger partial charge >= 0.3 is 6.18 Å². The number of alkyl halides is 3. The molecular formula is C11H7F3N2. The highest BCUT2D eigenvalue weighted by Crippen LogP contribution is 2.35. The van der Waals surface area contributed by atoms with Crippen LogP contribution in [-0.2, 0) is 6.18 Å². The fourth-order valence-electron chi connectivity index (χ4n) is 1.37. The third kappa shape index (κ3) is 2.03. The van der Waals surface area contributed by atoms with E-state index in [2.05, 4.69) is 9.97 Å². The Labute approximate surface area is 89.8 Å². The van der Waals surface area contributed by atoms with Crippen LogP contribution in [0, 0.1) is 0 Å². The molecule has 2 aromatic heterocycles. The Bertz CT molecular complexity index is 480. The van der Waals surface area contributed by atoms with Crippen molar-refractivity contribution in [2.75, 3.05) is 0 Å². The predicted octanol–water partition coefficient (Wildman–Crippen LogP) is 3.16. The molecule has 0 aliphatic rings. The number of halogens is 3. The van der Waals surface area contributed by atoms with Crippen LogP contribution in [-0.4, -0.2) is 9.97 Å². The number of rotatable bonds is 1. The van der Waals surface area contributed by atoms with E-state index in [0.717, 1.165) is 6.07 Å². The molecule has 0 fully saturated rings. The molecule has 2 aromatic rings. The van der Waals surface area contributed by atoms with Gasteiger partial charge in [0.05, 0.1) is 11.3 Å². The van der Waals surface area contributed by atoms with E-state index in [4.69, 9.17) is 0 Å². The normalized spacial score (nSPS) is 11.4.